The zero-order valence-electron chi connectivity index (χ0n) is 30.6. The summed E-state index contributed by atoms with van der Waals surface area (Å²) in [5, 5.41) is 15.7. The van der Waals surface area contributed by atoms with Crippen molar-refractivity contribution in [2.24, 2.45) is 0 Å². The summed E-state index contributed by atoms with van der Waals surface area (Å²) in [5.41, 5.74) is 16.6. The molecular formula is C54H29N3. The fourth-order valence-corrected chi connectivity index (χ4v) is 11.4. The Morgan fingerprint density at radius 3 is 1.00 bits per heavy atom. The molecule has 0 bridgehead atoms. The summed E-state index contributed by atoms with van der Waals surface area (Å²) in [5.74, 6) is 0. The molecule has 0 amide bonds. The Bertz CT molecular complexity index is 3940. The third kappa shape index (κ3) is 3.20. The van der Waals surface area contributed by atoms with Crippen molar-refractivity contribution in [3.8, 4) is 22.3 Å². The van der Waals surface area contributed by atoms with Crippen LogP contribution >= 0.6 is 0 Å². The van der Waals surface area contributed by atoms with Gasteiger partial charge in [-0.2, -0.15) is 0 Å². The Hall–Kier alpha value is -7.62. The van der Waals surface area contributed by atoms with Crippen molar-refractivity contribution in [1.29, 1.82) is 0 Å². The quantitative estimate of drug-likeness (QED) is 0.169. The predicted molar refractivity (Wildman–Crippen MR) is 241 cm³/mol. The zero-order valence-corrected chi connectivity index (χ0v) is 30.6. The van der Waals surface area contributed by atoms with E-state index in [1.165, 1.54) is 137 Å². The molecule has 0 N–H and O–H groups in total. The molecule has 57 heavy (non-hydrogen) atoms. The van der Waals surface area contributed by atoms with Crippen LogP contribution < -0.4 is 0 Å². The van der Waals surface area contributed by atoms with Crippen LogP contribution in [0.2, 0.25) is 0 Å². The fourth-order valence-electron chi connectivity index (χ4n) is 11.4. The monoisotopic (exact) mass is 719 g/mol. The van der Waals surface area contributed by atoms with E-state index >= 15 is 0 Å². The smallest absolute Gasteiger partial charge is 0.0626 e. The van der Waals surface area contributed by atoms with E-state index in [4.69, 9.17) is 0 Å². The van der Waals surface area contributed by atoms with Gasteiger partial charge in [0.1, 0.15) is 0 Å². The maximum Gasteiger partial charge on any atom is 0.0626 e. The number of rotatable bonds is 2. The van der Waals surface area contributed by atoms with Crippen LogP contribution in [-0.4, -0.2) is 13.2 Å². The minimum atomic E-state index is 1.25. The average molecular weight is 720 g/mol. The summed E-state index contributed by atoms with van der Waals surface area (Å²) in [7, 11) is 0. The summed E-state index contributed by atoms with van der Waals surface area (Å²) in [6.45, 7) is 0. The molecule has 3 nitrogen and oxygen atoms in total. The van der Waals surface area contributed by atoms with Crippen molar-refractivity contribution in [2.45, 2.75) is 0 Å². The van der Waals surface area contributed by atoms with Crippen LogP contribution in [0.25, 0.3) is 137 Å². The van der Waals surface area contributed by atoms with Gasteiger partial charge in [0, 0.05) is 64.6 Å². The Kier molecular flexibility index (Phi) is 4.94. The molecule has 6 aromatic heterocycles. The van der Waals surface area contributed by atoms with Gasteiger partial charge in [0.25, 0.3) is 0 Å². The van der Waals surface area contributed by atoms with Gasteiger partial charge in [0.05, 0.1) is 49.7 Å². The topological polar surface area (TPSA) is 13.2 Å². The van der Waals surface area contributed by atoms with Crippen molar-refractivity contribution in [3.63, 3.8) is 0 Å². The molecule has 0 radical (unpaired) electrons. The summed E-state index contributed by atoms with van der Waals surface area (Å²) < 4.78 is 7.53. The average Bonchev–Trinajstić information content (AvgIpc) is 4.11. The highest BCUT2D eigenvalue weighted by Gasteiger charge is 2.26. The van der Waals surface area contributed by atoms with Gasteiger partial charge in [-0.3, -0.25) is 0 Å². The largest absolute Gasteiger partial charge is 0.308 e. The van der Waals surface area contributed by atoms with Crippen molar-refractivity contribution in [1.82, 2.24) is 13.2 Å². The lowest BCUT2D eigenvalue weighted by molar-refractivity contribution is 1.37. The molecule has 0 fully saturated rings. The highest BCUT2D eigenvalue weighted by atomic mass is 14.9. The second kappa shape index (κ2) is 9.78. The van der Waals surface area contributed by atoms with E-state index < -0.39 is 0 Å². The number of hydrogen-bond acceptors (Lipinski definition) is 0. The maximum absolute atomic E-state index is 2.55. The highest BCUT2D eigenvalue weighted by molar-refractivity contribution is 6.33. The summed E-state index contributed by atoms with van der Waals surface area (Å²) >= 11 is 0. The highest BCUT2D eigenvalue weighted by Crippen LogP contribution is 2.50. The predicted octanol–water partition coefficient (Wildman–Crippen LogP) is 14.5. The third-order valence-corrected chi connectivity index (χ3v) is 13.4. The molecule has 3 heteroatoms. The van der Waals surface area contributed by atoms with E-state index in [-0.39, 0.29) is 0 Å². The van der Waals surface area contributed by atoms with Crippen LogP contribution in [0.3, 0.4) is 0 Å². The maximum atomic E-state index is 2.55. The standard InChI is InChI=1S/C54H29N3/c1-5-20-42-30(12-1)36-28-26-34(50-38-14-3-7-22-44(38)55(42)53(36)50)32-16-10-24-46-48(32)40-18-9-19-41-49-33(17-11-25-47(49)57(46)52(40)41)35-27-29-37-31-13-2-6-21-43(31)56-45-23-8-4-15-39(45)51(35)54(37)56/h1-29H. The molecule has 0 atom stereocenters. The second-order valence-electron chi connectivity index (χ2n) is 15.9. The van der Waals surface area contributed by atoms with Crippen molar-refractivity contribution in [3.05, 3.63) is 176 Å². The fraction of sp³-hybridized carbons (Fsp3) is 0. The first-order chi connectivity index (χ1) is 28.3. The Balaban J connectivity index is 1.06. The molecule has 0 saturated heterocycles. The van der Waals surface area contributed by atoms with Crippen LogP contribution in [0.5, 0.6) is 0 Å². The lowest BCUT2D eigenvalue weighted by Gasteiger charge is -2.10. The van der Waals surface area contributed by atoms with Gasteiger partial charge in [0.15, 0.2) is 0 Å². The second-order valence-corrected chi connectivity index (χ2v) is 15.9. The molecule has 0 spiro atoms. The Morgan fingerprint density at radius 1 is 0.193 bits per heavy atom. The summed E-state index contributed by atoms with van der Waals surface area (Å²) in [4.78, 5) is 0. The van der Waals surface area contributed by atoms with Crippen molar-refractivity contribution in [2.75, 3.05) is 0 Å². The van der Waals surface area contributed by atoms with Crippen LogP contribution in [0.15, 0.2) is 176 Å². The molecule has 9 aromatic carbocycles. The molecule has 0 aliphatic carbocycles. The lowest BCUT2D eigenvalue weighted by Crippen LogP contribution is -1.86. The molecule has 0 saturated carbocycles. The van der Waals surface area contributed by atoms with Crippen LogP contribution in [-0.2, 0) is 0 Å². The number of para-hydroxylation sites is 5. The molecular weight excluding hydrogens is 691 g/mol. The van der Waals surface area contributed by atoms with Crippen LogP contribution in [0.1, 0.15) is 0 Å². The van der Waals surface area contributed by atoms with E-state index in [9.17, 15) is 0 Å². The van der Waals surface area contributed by atoms with Crippen LogP contribution in [0.4, 0.5) is 0 Å². The summed E-state index contributed by atoms with van der Waals surface area (Å²) in [6.07, 6.45) is 0. The molecule has 15 aromatic rings. The van der Waals surface area contributed by atoms with E-state index in [0.29, 0.717) is 0 Å². The molecule has 15 rings (SSSR count). The first-order valence-electron chi connectivity index (χ1n) is 19.9. The molecule has 0 aliphatic rings. The minimum Gasteiger partial charge on any atom is -0.308 e. The first-order valence-corrected chi connectivity index (χ1v) is 19.9. The van der Waals surface area contributed by atoms with Gasteiger partial charge in [-0.25, -0.2) is 0 Å². The Labute approximate surface area is 324 Å². The molecule has 260 valence electrons. The van der Waals surface area contributed by atoms with Gasteiger partial charge < -0.3 is 13.2 Å². The van der Waals surface area contributed by atoms with Gasteiger partial charge in [0.2, 0.25) is 0 Å². The van der Waals surface area contributed by atoms with Gasteiger partial charge in [-0.1, -0.05) is 140 Å². The lowest BCUT2D eigenvalue weighted by atomic mass is 9.92. The normalized spacial score (nSPS) is 12.9. The number of nitrogens with zero attached hydrogens (tertiary/aromatic N) is 3. The summed E-state index contributed by atoms with van der Waals surface area (Å²) in [6, 6.07) is 65.9. The van der Waals surface area contributed by atoms with Crippen LogP contribution in [0, 0.1) is 0 Å². The van der Waals surface area contributed by atoms with Crippen molar-refractivity contribution < 1.29 is 0 Å². The number of fused-ring (bicyclic) bond motifs is 18. The third-order valence-electron chi connectivity index (χ3n) is 13.4. The Morgan fingerprint density at radius 2 is 0.526 bits per heavy atom. The molecule has 0 aliphatic heterocycles. The number of aromatic nitrogens is 3. The van der Waals surface area contributed by atoms with E-state index in [1.807, 2.05) is 0 Å². The molecule has 6 heterocycles. The molecule has 0 unspecified atom stereocenters. The van der Waals surface area contributed by atoms with Crippen molar-refractivity contribution >= 4 is 114 Å². The van der Waals surface area contributed by atoms with E-state index in [1.54, 1.807) is 0 Å². The minimum absolute atomic E-state index is 1.25. The van der Waals surface area contributed by atoms with Gasteiger partial charge in [-0.15, -0.1) is 0 Å². The SMILES string of the molecule is c1ccc2c(c1)c1ccc(-c3cccc4c3c3cccc5c6c(-c7ccc8c9ccccc9n9c%10ccccc%10c7c89)cccc6n4c35)c3c4ccccc4n2c13. The van der Waals surface area contributed by atoms with E-state index in [2.05, 4.69) is 189 Å². The van der Waals surface area contributed by atoms with Gasteiger partial charge in [-0.05, 0) is 58.7 Å². The number of hydrogen-bond donors (Lipinski definition) is 0. The van der Waals surface area contributed by atoms with Gasteiger partial charge >= 0.3 is 0 Å². The van der Waals surface area contributed by atoms with E-state index in [0.717, 1.165) is 0 Å². The zero-order chi connectivity index (χ0) is 36.7. The number of benzene rings is 9. The first kappa shape index (κ1) is 28.8.